The predicted molar refractivity (Wildman–Crippen MR) is 117 cm³/mol. The first-order valence-corrected chi connectivity index (χ1v) is 10.2. The maximum absolute atomic E-state index is 10.3. The van der Waals surface area contributed by atoms with Gasteiger partial charge in [-0.2, -0.15) is 0 Å². The van der Waals surface area contributed by atoms with Crippen molar-refractivity contribution in [3.05, 3.63) is 25.0 Å². The largest absolute Gasteiger partial charge is 0.506 e. The van der Waals surface area contributed by atoms with E-state index in [9.17, 15) is 5.11 Å². The van der Waals surface area contributed by atoms with Crippen molar-refractivity contribution >= 4 is 72.6 Å². The number of aromatic hydroxyl groups is 1. The Hall–Kier alpha value is 0.960. The average molecular weight is 572 g/mol. The van der Waals surface area contributed by atoms with Gasteiger partial charge in [0.1, 0.15) is 5.75 Å². The highest BCUT2D eigenvalue weighted by Gasteiger charge is 2.27. The summed E-state index contributed by atoms with van der Waals surface area (Å²) >= 11 is 10.7. The van der Waals surface area contributed by atoms with Crippen LogP contribution in [0, 0.1) is 0 Å². The number of nitrogens with one attached hydrogen (secondary N) is 1. The van der Waals surface area contributed by atoms with E-state index in [1.54, 1.807) is 0 Å². The minimum Gasteiger partial charge on any atom is -0.506 e. The molecule has 3 nitrogen and oxygen atoms in total. The molecular weight excluding hydrogens is 547 g/mol. The van der Waals surface area contributed by atoms with Crippen LogP contribution in [0.3, 0.4) is 0 Å². The maximum atomic E-state index is 10.3. The molecule has 0 bridgehead atoms. The first kappa shape index (κ1) is 25.0. The SMILES string of the molecule is CCCCC[C@@H](c1c(Br)cc(Br)c(O)c1Br)N1CCNCC1.Cl.Cl. The number of piperazine rings is 1. The molecule has 1 aromatic rings. The van der Waals surface area contributed by atoms with Gasteiger partial charge in [-0.05, 0) is 44.3 Å². The third-order valence-electron chi connectivity index (χ3n) is 4.19. The summed E-state index contributed by atoms with van der Waals surface area (Å²) in [6.45, 7) is 6.39. The lowest BCUT2D eigenvalue weighted by atomic mass is 9.98. The average Bonchev–Trinajstić information content (AvgIpc) is 2.52. The summed E-state index contributed by atoms with van der Waals surface area (Å²) in [5, 5.41) is 13.7. The van der Waals surface area contributed by atoms with E-state index in [2.05, 4.69) is 64.9 Å². The third-order valence-corrected chi connectivity index (χ3v) is 6.25. The van der Waals surface area contributed by atoms with Gasteiger partial charge in [0.15, 0.2) is 0 Å². The molecule has 8 heteroatoms. The van der Waals surface area contributed by atoms with E-state index in [-0.39, 0.29) is 30.6 Å². The molecule has 1 fully saturated rings. The Balaban J connectivity index is 0.00000264. The molecule has 1 heterocycles. The summed E-state index contributed by atoms with van der Waals surface area (Å²) in [5.41, 5.74) is 1.17. The molecule has 1 aromatic carbocycles. The first-order valence-electron chi connectivity index (χ1n) is 7.87. The monoisotopic (exact) mass is 568 g/mol. The molecule has 0 amide bonds. The van der Waals surface area contributed by atoms with Crippen LogP contribution < -0.4 is 5.32 Å². The zero-order valence-corrected chi connectivity index (χ0v) is 20.0. The minimum absolute atomic E-state index is 0. The van der Waals surface area contributed by atoms with Crippen LogP contribution in [0.15, 0.2) is 19.5 Å². The molecule has 1 saturated heterocycles. The summed E-state index contributed by atoms with van der Waals surface area (Å²) in [4.78, 5) is 2.53. The zero-order chi connectivity index (χ0) is 16.1. The lowest BCUT2D eigenvalue weighted by Gasteiger charge is -2.36. The van der Waals surface area contributed by atoms with E-state index in [0.29, 0.717) is 10.5 Å². The van der Waals surface area contributed by atoms with Crippen LogP contribution in [0.2, 0.25) is 0 Å². The molecule has 1 aliphatic heterocycles. The van der Waals surface area contributed by atoms with Crippen molar-refractivity contribution in [2.75, 3.05) is 26.2 Å². The van der Waals surface area contributed by atoms with Gasteiger partial charge >= 0.3 is 0 Å². The summed E-state index contributed by atoms with van der Waals surface area (Å²) in [5.74, 6) is 0.286. The van der Waals surface area contributed by atoms with Gasteiger partial charge in [0.2, 0.25) is 0 Å². The number of rotatable bonds is 6. The Morgan fingerprint density at radius 1 is 1.12 bits per heavy atom. The Morgan fingerprint density at radius 2 is 1.75 bits per heavy atom. The van der Waals surface area contributed by atoms with Crippen molar-refractivity contribution in [1.29, 1.82) is 0 Å². The van der Waals surface area contributed by atoms with Crippen LogP contribution in [-0.4, -0.2) is 36.2 Å². The number of halogens is 5. The number of phenols is 1. The molecule has 0 spiro atoms. The van der Waals surface area contributed by atoms with Crippen LogP contribution in [0.25, 0.3) is 0 Å². The van der Waals surface area contributed by atoms with Crippen molar-refractivity contribution in [2.45, 2.75) is 38.6 Å². The van der Waals surface area contributed by atoms with Crippen molar-refractivity contribution in [2.24, 2.45) is 0 Å². The summed E-state index contributed by atoms with van der Waals surface area (Å²) in [6.07, 6.45) is 4.80. The molecule has 0 aromatic heterocycles. The smallest absolute Gasteiger partial charge is 0.144 e. The van der Waals surface area contributed by atoms with Gasteiger partial charge in [-0.3, -0.25) is 4.90 Å². The predicted octanol–water partition coefficient (Wildman–Crippen LogP) is 6.05. The molecule has 2 N–H and O–H groups in total. The van der Waals surface area contributed by atoms with Crippen molar-refractivity contribution < 1.29 is 5.11 Å². The van der Waals surface area contributed by atoms with Gasteiger partial charge in [0.25, 0.3) is 0 Å². The molecule has 140 valence electrons. The first-order chi connectivity index (χ1) is 10.6. The Morgan fingerprint density at radius 3 is 2.33 bits per heavy atom. The highest BCUT2D eigenvalue weighted by molar-refractivity contribution is 9.11. The van der Waals surface area contributed by atoms with Gasteiger partial charge in [0.05, 0.1) is 8.95 Å². The number of nitrogens with zero attached hydrogens (tertiary/aromatic N) is 1. The van der Waals surface area contributed by atoms with E-state index in [1.807, 2.05) is 6.07 Å². The van der Waals surface area contributed by atoms with Crippen molar-refractivity contribution in [3.63, 3.8) is 0 Å². The highest BCUT2D eigenvalue weighted by atomic mass is 79.9. The Kier molecular flexibility index (Phi) is 12.9. The minimum atomic E-state index is 0. The lowest BCUT2D eigenvalue weighted by molar-refractivity contribution is 0.161. The second kappa shape index (κ2) is 12.4. The zero-order valence-electron chi connectivity index (χ0n) is 13.7. The van der Waals surface area contributed by atoms with E-state index in [4.69, 9.17) is 0 Å². The lowest BCUT2D eigenvalue weighted by Crippen LogP contribution is -2.45. The molecule has 24 heavy (non-hydrogen) atoms. The summed E-state index contributed by atoms with van der Waals surface area (Å²) < 4.78 is 2.56. The molecule has 2 rings (SSSR count). The van der Waals surface area contributed by atoms with Gasteiger partial charge in [0, 0.05) is 42.3 Å². The molecule has 0 unspecified atom stereocenters. The number of benzene rings is 1. The molecular formula is C16H25Br3Cl2N2O. The molecule has 0 aliphatic carbocycles. The van der Waals surface area contributed by atoms with E-state index in [1.165, 1.54) is 24.8 Å². The van der Waals surface area contributed by atoms with Crippen LogP contribution in [0.1, 0.15) is 44.2 Å². The number of hydrogen-bond donors (Lipinski definition) is 2. The summed E-state index contributed by atoms with van der Waals surface area (Å²) in [7, 11) is 0. The van der Waals surface area contributed by atoms with E-state index >= 15 is 0 Å². The van der Waals surface area contributed by atoms with Crippen LogP contribution in [0.5, 0.6) is 5.75 Å². The molecule has 1 atom stereocenters. The standard InChI is InChI=1S/C16H23Br3N2O.2ClH/c1-2-3-4-5-13(21-8-6-20-7-9-21)14-11(17)10-12(18)16(22)15(14)19;;/h10,13,20,22H,2-9H2,1H3;2*1H/t13-;;/m0../s1. The van der Waals surface area contributed by atoms with Gasteiger partial charge in [-0.15, -0.1) is 24.8 Å². The molecule has 0 radical (unpaired) electrons. The van der Waals surface area contributed by atoms with E-state index < -0.39 is 0 Å². The Bertz CT molecular complexity index is 515. The van der Waals surface area contributed by atoms with Gasteiger partial charge < -0.3 is 10.4 Å². The van der Waals surface area contributed by atoms with Gasteiger partial charge in [-0.25, -0.2) is 0 Å². The maximum Gasteiger partial charge on any atom is 0.144 e. The molecule has 1 aliphatic rings. The topological polar surface area (TPSA) is 35.5 Å². The number of hydrogen-bond acceptors (Lipinski definition) is 3. The fraction of sp³-hybridized carbons (Fsp3) is 0.625. The van der Waals surface area contributed by atoms with Crippen molar-refractivity contribution in [1.82, 2.24) is 10.2 Å². The number of phenolic OH excluding ortho intramolecular Hbond substituents is 1. The fourth-order valence-electron chi connectivity index (χ4n) is 2.99. The van der Waals surface area contributed by atoms with E-state index in [0.717, 1.165) is 41.5 Å². The summed E-state index contributed by atoms with van der Waals surface area (Å²) in [6, 6.07) is 2.28. The highest BCUT2D eigenvalue weighted by Crippen LogP contribution is 2.45. The third kappa shape index (κ3) is 6.29. The normalized spacial score (nSPS) is 16.2. The van der Waals surface area contributed by atoms with Crippen LogP contribution >= 0.6 is 72.6 Å². The second-order valence-corrected chi connectivity index (χ2v) is 8.22. The second-order valence-electron chi connectivity index (χ2n) is 5.71. The van der Waals surface area contributed by atoms with Gasteiger partial charge in [-0.1, -0.05) is 42.1 Å². The van der Waals surface area contributed by atoms with Crippen molar-refractivity contribution in [3.8, 4) is 5.75 Å². The quantitative estimate of drug-likeness (QED) is 0.408. The Labute approximate surface area is 182 Å². The molecule has 0 saturated carbocycles. The fourth-order valence-corrected chi connectivity index (χ4v) is 5.64. The number of unbranched alkanes of at least 4 members (excludes halogenated alkanes) is 2. The van der Waals surface area contributed by atoms with Crippen LogP contribution in [-0.2, 0) is 0 Å². The van der Waals surface area contributed by atoms with Crippen LogP contribution in [0.4, 0.5) is 0 Å².